The van der Waals surface area contributed by atoms with Gasteiger partial charge in [0.2, 0.25) is 0 Å². The van der Waals surface area contributed by atoms with Gasteiger partial charge in [-0.3, -0.25) is 4.79 Å². The topological polar surface area (TPSA) is 79.5 Å². The summed E-state index contributed by atoms with van der Waals surface area (Å²) >= 11 is 0. The highest BCUT2D eigenvalue weighted by atomic mass is 16.4. The Kier molecular flexibility index (Phi) is 4.12. The van der Waals surface area contributed by atoms with Gasteiger partial charge in [-0.1, -0.05) is 6.07 Å². The van der Waals surface area contributed by atoms with Gasteiger partial charge in [-0.05, 0) is 45.0 Å². The molecule has 110 valence electrons. The van der Waals surface area contributed by atoms with Gasteiger partial charge in [-0.25, -0.2) is 4.79 Å². The van der Waals surface area contributed by atoms with E-state index in [0.29, 0.717) is 5.56 Å². The van der Waals surface area contributed by atoms with Gasteiger partial charge >= 0.3 is 5.97 Å². The Labute approximate surface area is 122 Å². The highest BCUT2D eigenvalue weighted by Gasteiger charge is 2.16. The molecule has 0 aliphatic heterocycles. The van der Waals surface area contributed by atoms with Crippen molar-refractivity contribution >= 4 is 11.9 Å². The molecule has 1 aromatic heterocycles. The molecule has 0 fully saturated rings. The van der Waals surface area contributed by atoms with Crippen molar-refractivity contribution in [2.75, 3.05) is 0 Å². The zero-order chi connectivity index (χ0) is 15.6. The van der Waals surface area contributed by atoms with E-state index >= 15 is 0 Å². The minimum atomic E-state index is -1.06. The first-order valence-electron chi connectivity index (χ1n) is 6.59. The van der Waals surface area contributed by atoms with Crippen LogP contribution in [-0.4, -0.2) is 17.0 Å². The molecule has 0 radical (unpaired) electrons. The third-order valence-corrected chi connectivity index (χ3v) is 3.27. The molecular formula is C16H17NO4. The Morgan fingerprint density at radius 2 is 1.86 bits per heavy atom. The summed E-state index contributed by atoms with van der Waals surface area (Å²) in [7, 11) is 0. The Morgan fingerprint density at radius 1 is 1.19 bits per heavy atom. The highest BCUT2D eigenvalue weighted by Crippen LogP contribution is 2.21. The van der Waals surface area contributed by atoms with E-state index < -0.39 is 5.97 Å². The fourth-order valence-electron chi connectivity index (χ4n) is 2.23. The van der Waals surface area contributed by atoms with E-state index in [9.17, 15) is 9.59 Å². The third kappa shape index (κ3) is 3.31. The molecule has 1 unspecified atom stereocenters. The molecule has 2 aromatic rings. The Bertz CT molecular complexity index is 687. The lowest BCUT2D eigenvalue weighted by Crippen LogP contribution is -2.27. The smallest absolute Gasteiger partial charge is 0.335 e. The average molecular weight is 287 g/mol. The molecule has 1 heterocycles. The first-order chi connectivity index (χ1) is 9.88. The molecule has 2 rings (SSSR count). The second kappa shape index (κ2) is 5.83. The number of carbonyl (C=O) groups is 2. The summed E-state index contributed by atoms with van der Waals surface area (Å²) in [6.07, 6.45) is 0. The van der Waals surface area contributed by atoms with E-state index in [1.807, 2.05) is 26.8 Å². The van der Waals surface area contributed by atoms with Gasteiger partial charge in [-0.15, -0.1) is 0 Å². The van der Waals surface area contributed by atoms with Crippen molar-refractivity contribution in [3.63, 3.8) is 0 Å². The largest absolute Gasteiger partial charge is 0.478 e. The molecule has 1 aromatic carbocycles. The third-order valence-electron chi connectivity index (χ3n) is 3.27. The van der Waals surface area contributed by atoms with Crippen molar-refractivity contribution in [1.29, 1.82) is 0 Å². The van der Waals surface area contributed by atoms with Gasteiger partial charge in [0, 0.05) is 11.1 Å². The number of benzene rings is 1. The molecule has 5 nitrogen and oxygen atoms in total. The number of carbonyl (C=O) groups excluding carboxylic acids is 1. The van der Waals surface area contributed by atoms with E-state index in [2.05, 4.69) is 5.32 Å². The highest BCUT2D eigenvalue weighted by molar-refractivity contribution is 5.97. The van der Waals surface area contributed by atoms with Crippen molar-refractivity contribution in [1.82, 2.24) is 5.32 Å². The van der Waals surface area contributed by atoms with Crippen LogP contribution in [0.3, 0.4) is 0 Å². The molecular weight excluding hydrogens is 270 g/mol. The summed E-state index contributed by atoms with van der Waals surface area (Å²) in [5.41, 5.74) is 1.32. The fraction of sp³-hybridized carbons (Fsp3) is 0.250. The lowest BCUT2D eigenvalue weighted by Gasteiger charge is -2.13. The summed E-state index contributed by atoms with van der Waals surface area (Å²) < 4.78 is 5.44. The van der Waals surface area contributed by atoms with Crippen LogP contribution in [0.5, 0.6) is 0 Å². The first kappa shape index (κ1) is 14.8. The Balaban J connectivity index is 2.16. The number of carboxylic acids is 1. The van der Waals surface area contributed by atoms with Crippen molar-refractivity contribution in [3.8, 4) is 0 Å². The van der Waals surface area contributed by atoms with E-state index in [-0.39, 0.29) is 17.5 Å². The standard InChI is InChI=1S/C16H17NO4/c1-9-7-14(11(3)21-9)10(2)17-15(18)12-5-4-6-13(8-12)16(19)20/h4-8,10H,1-3H3,(H,17,18)(H,19,20). The Hall–Kier alpha value is -2.56. The summed E-state index contributed by atoms with van der Waals surface area (Å²) in [6.45, 7) is 5.55. The number of hydrogen-bond acceptors (Lipinski definition) is 3. The van der Waals surface area contributed by atoms with Crippen LogP contribution in [-0.2, 0) is 0 Å². The van der Waals surface area contributed by atoms with Crippen LogP contribution in [0.2, 0.25) is 0 Å². The van der Waals surface area contributed by atoms with Crippen molar-refractivity contribution in [2.24, 2.45) is 0 Å². The monoisotopic (exact) mass is 287 g/mol. The predicted molar refractivity (Wildman–Crippen MR) is 77.5 cm³/mol. The maximum absolute atomic E-state index is 12.2. The number of aromatic carboxylic acids is 1. The van der Waals surface area contributed by atoms with Gasteiger partial charge in [0.15, 0.2) is 0 Å². The molecule has 5 heteroatoms. The van der Waals surface area contributed by atoms with Crippen LogP contribution in [0.25, 0.3) is 0 Å². The molecule has 0 aliphatic carbocycles. The van der Waals surface area contributed by atoms with Crippen molar-refractivity contribution < 1.29 is 19.1 Å². The predicted octanol–water partition coefficient (Wildman–Crippen LogP) is 3.09. The van der Waals surface area contributed by atoms with Gasteiger partial charge in [-0.2, -0.15) is 0 Å². The summed E-state index contributed by atoms with van der Waals surface area (Å²) in [5.74, 6) is 0.180. The van der Waals surface area contributed by atoms with Crippen LogP contribution >= 0.6 is 0 Å². The van der Waals surface area contributed by atoms with Crippen LogP contribution in [0.15, 0.2) is 34.7 Å². The number of amides is 1. The van der Waals surface area contributed by atoms with Gasteiger partial charge < -0.3 is 14.8 Å². The van der Waals surface area contributed by atoms with E-state index in [1.165, 1.54) is 12.1 Å². The molecule has 0 saturated heterocycles. The quantitative estimate of drug-likeness (QED) is 0.905. The summed E-state index contributed by atoms with van der Waals surface area (Å²) in [4.78, 5) is 23.1. The molecule has 1 amide bonds. The number of furan rings is 1. The Morgan fingerprint density at radius 3 is 2.43 bits per heavy atom. The van der Waals surface area contributed by atoms with E-state index in [1.54, 1.807) is 12.1 Å². The lowest BCUT2D eigenvalue weighted by molar-refractivity contribution is 0.0697. The van der Waals surface area contributed by atoms with Crippen LogP contribution < -0.4 is 5.32 Å². The SMILES string of the molecule is Cc1cc(C(C)NC(=O)c2cccc(C(=O)O)c2)c(C)o1. The van der Waals surface area contributed by atoms with E-state index in [0.717, 1.165) is 17.1 Å². The zero-order valence-electron chi connectivity index (χ0n) is 12.1. The normalized spacial score (nSPS) is 12.0. The molecule has 0 saturated carbocycles. The van der Waals surface area contributed by atoms with Crippen LogP contribution in [0, 0.1) is 13.8 Å². The maximum atomic E-state index is 12.2. The second-order valence-corrected chi connectivity index (χ2v) is 4.95. The first-order valence-corrected chi connectivity index (χ1v) is 6.59. The number of carboxylic acid groups (broad SMARTS) is 1. The summed E-state index contributed by atoms with van der Waals surface area (Å²) in [5, 5.41) is 11.8. The summed E-state index contributed by atoms with van der Waals surface area (Å²) in [6, 6.07) is 7.61. The number of nitrogens with one attached hydrogen (secondary N) is 1. The fourth-order valence-corrected chi connectivity index (χ4v) is 2.23. The lowest BCUT2D eigenvalue weighted by atomic mass is 10.1. The van der Waals surface area contributed by atoms with Gasteiger partial charge in [0.05, 0.1) is 11.6 Å². The number of aryl methyl sites for hydroxylation is 2. The van der Waals surface area contributed by atoms with Crippen molar-refractivity contribution in [2.45, 2.75) is 26.8 Å². The molecule has 0 bridgehead atoms. The van der Waals surface area contributed by atoms with Gasteiger partial charge in [0.25, 0.3) is 5.91 Å². The molecule has 1 atom stereocenters. The molecule has 2 N–H and O–H groups in total. The second-order valence-electron chi connectivity index (χ2n) is 4.95. The van der Waals surface area contributed by atoms with E-state index in [4.69, 9.17) is 9.52 Å². The zero-order valence-corrected chi connectivity index (χ0v) is 12.1. The van der Waals surface area contributed by atoms with Crippen LogP contribution in [0.1, 0.15) is 50.8 Å². The number of hydrogen-bond donors (Lipinski definition) is 2. The van der Waals surface area contributed by atoms with Crippen LogP contribution in [0.4, 0.5) is 0 Å². The molecule has 0 spiro atoms. The average Bonchev–Trinajstić information content (AvgIpc) is 2.77. The number of rotatable bonds is 4. The van der Waals surface area contributed by atoms with Crippen molar-refractivity contribution in [3.05, 3.63) is 58.5 Å². The minimum absolute atomic E-state index is 0.0886. The molecule has 0 aliphatic rings. The maximum Gasteiger partial charge on any atom is 0.335 e. The minimum Gasteiger partial charge on any atom is -0.478 e. The molecule has 21 heavy (non-hydrogen) atoms. The van der Waals surface area contributed by atoms with Gasteiger partial charge in [0.1, 0.15) is 11.5 Å².